The summed E-state index contributed by atoms with van der Waals surface area (Å²) in [5.74, 6) is -0.190. The summed E-state index contributed by atoms with van der Waals surface area (Å²) in [7, 11) is 0. The average molecular weight is 312 g/mol. The zero-order valence-electron chi connectivity index (χ0n) is 12.3. The first kappa shape index (κ1) is 14.7. The molecule has 0 bridgehead atoms. The highest BCUT2D eigenvalue weighted by atomic mass is 32.2. The molecule has 3 aliphatic rings. The number of carbonyl (C=O) groups is 3. The molecule has 3 atom stereocenters. The quantitative estimate of drug-likeness (QED) is 0.772. The number of rotatable bonds is 4. The van der Waals surface area contributed by atoms with Crippen molar-refractivity contribution in [1.29, 1.82) is 0 Å². The lowest BCUT2D eigenvalue weighted by atomic mass is 10.2. The van der Waals surface area contributed by atoms with E-state index in [2.05, 4.69) is 5.32 Å². The van der Waals surface area contributed by atoms with Gasteiger partial charge in [-0.05, 0) is 33.1 Å². The van der Waals surface area contributed by atoms with E-state index in [-0.39, 0.29) is 22.7 Å². The number of nitrogens with one attached hydrogen (secondary N) is 1. The van der Waals surface area contributed by atoms with Crippen molar-refractivity contribution in [2.75, 3.05) is 5.75 Å². The van der Waals surface area contributed by atoms with Crippen molar-refractivity contribution in [2.45, 2.75) is 62.6 Å². The van der Waals surface area contributed by atoms with Gasteiger partial charge in [0.1, 0.15) is 6.04 Å². The third kappa shape index (κ3) is 2.75. The van der Waals surface area contributed by atoms with E-state index in [1.54, 1.807) is 23.6 Å². The summed E-state index contributed by atoms with van der Waals surface area (Å²) in [5, 5.41) is 2.81. The van der Waals surface area contributed by atoms with Crippen LogP contribution in [0.15, 0.2) is 0 Å². The van der Waals surface area contributed by atoms with Gasteiger partial charge in [-0.1, -0.05) is 0 Å². The zero-order chi connectivity index (χ0) is 15.2. The van der Waals surface area contributed by atoms with Gasteiger partial charge in [-0.15, -0.1) is 11.8 Å². The van der Waals surface area contributed by atoms with Crippen LogP contribution in [0.2, 0.25) is 0 Å². The molecule has 1 N–H and O–H groups in total. The molecule has 2 saturated heterocycles. The highest BCUT2D eigenvalue weighted by Gasteiger charge is 2.53. The molecule has 1 saturated carbocycles. The standard InChI is InChI=1S/C14H20N2O4S/c1-8(12(18)15-9-3-4-9)20-13(19)10-7-21-14(2)6-5-11(17)16(10)14/h8-10H,3-7H2,1-2H3,(H,15,18)/t8-,10-,14+/m1/s1. The molecular formula is C14H20N2O4S. The van der Waals surface area contributed by atoms with E-state index < -0.39 is 18.1 Å². The van der Waals surface area contributed by atoms with Gasteiger partial charge in [0.15, 0.2) is 6.10 Å². The van der Waals surface area contributed by atoms with Crippen molar-refractivity contribution in [2.24, 2.45) is 0 Å². The lowest BCUT2D eigenvalue weighted by Crippen LogP contribution is -2.48. The van der Waals surface area contributed by atoms with Crippen molar-refractivity contribution >= 4 is 29.5 Å². The van der Waals surface area contributed by atoms with E-state index in [4.69, 9.17) is 4.74 Å². The average Bonchev–Trinajstić information content (AvgIpc) is 3.09. The van der Waals surface area contributed by atoms with Crippen molar-refractivity contribution in [1.82, 2.24) is 10.2 Å². The summed E-state index contributed by atoms with van der Waals surface area (Å²) in [6.07, 6.45) is 2.41. The van der Waals surface area contributed by atoms with Gasteiger partial charge in [-0.2, -0.15) is 0 Å². The van der Waals surface area contributed by atoms with Gasteiger partial charge in [-0.3, -0.25) is 9.59 Å². The van der Waals surface area contributed by atoms with Gasteiger partial charge >= 0.3 is 5.97 Å². The van der Waals surface area contributed by atoms with Gasteiger partial charge in [0.2, 0.25) is 5.91 Å². The molecule has 0 aromatic carbocycles. The molecule has 0 spiro atoms. The normalized spacial score (nSPS) is 32.8. The number of hydrogen-bond acceptors (Lipinski definition) is 5. The molecule has 0 unspecified atom stereocenters. The summed E-state index contributed by atoms with van der Waals surface area (Å²) in [6, 6.07) is -0.324. The SMILES string of the molecule is C[C@@H](OC(=O)[C@H]1CS[C@@]2(C)CCC(=O)N12)C(=O)NC1CC1. The Morgan fingerprint density at radius 3 is 2.86 bits per heavy atom. The molecule has 3 fully saturated rings. The maximum absolute atomic E-state index is 12.3. The maximum atomic E-state index is 12.3. The molecule has 2 heterocycles. The van der Waals surface area contributed by atoms with E-state index in [1.807, 2.05) is 6.92 Å². The van der Waals surface area contributed by atoms with Gasteiger partial charge in [0.05, 0.1) is 4.87 Å². The van der Waals surface area contributed by atoms with E-state index in [9.17, 15) is 14.4 Å². The number of nitrogens with zero attached hydrogens (tertiary/aromatic N) is 1. The largest absolute Gasteiger partial charge is 0.451 e. The lowest BCUT2D eigenvalue weighted by Gasteiger charge is -2.29. The van der Waals surface area contributed by atoms with Crippen LogP contribution >= 0.6 is 11.8 Å². The number of ether oxygens (including phenoxy) is 1. The minimum absolute atomic E-state index is 0.000431. The molecule has 6 nitrogen and oxygen atoms in total. The van der Waals surface area contributed by atoms with Crippen LogP contribution in [0.1, 0.15) is 39.5 Å². The summed E-state index contributed by atoms with van der Waals surface area (Å²) < 4.78 is 5.27. The Balaban J connectivity index is 1.60. The summed E-state index contributed by atoms with van der Waals surface area (Å²) in [5.41, 5.74) is 0. The van der Waals surface area contributed by atoms with Gasteiger partial charge in [0, 0.05) is 18.2 Å². The van der Waals surface area contributed by atoms with Crippen LogP contribution in [-0.2, 0) is 19.1 Å². The van der Waals surface area contributed by atoms with Gasteiger partial charge < -0.3 is 15.0 Å². The Bertz CT molecular complexity index is 493. The number of fused-ring (bicyclic) bond motifs is 1. The van der Waals surface area contributed by atoms with E-state index in [0.29, 0.717) is 12.2 Å². The van der Waals surface area contributed by atoms with Crippen molar-refractivity contribution < 1.29 is 19.1 Å². The van der Waals surface area contributed by atoms with Crippen LogP contribution in [0.5, 0.6) is 0 Å². The first-order chi connectivity index (χ1) is 9.90. The number of hydrogen-bond donors (Lipinski definition) is 1. The second-order valence-corrected chi connectivity index (χ2v) is 7.63. The van der Waals surface area contributed by atoms with E-state index >= 15 is 0 Å². The molecule has 3 rings (SSSR count). The molecule has 7 heteroatoms. The van der Waals surface area contributed by atoms with Crippen LogP contribution < -0.4 is 5.32 Å². The maximum Gasteiger partial charge on any atom is 0.330 e. The highest BCUT2D eigenvalue weighted by Crippen LogP contribution is 2.47. The third-order valence-corrected chi connectivity index (χ3v) is 5.81. The first-order valence-corrected chi connectivity index (χ1v) is 8.36. The van der Waals surface area contributed by atoms with Crippen LogP contribution in [0.3, 0.4) is 0 Å². The predicted octanol–water partition coefficient (Wildman–Crippen LogP) is 0.651. The number of amides is 2. The van der Waals surface area contributed by atoms with Crippen LogP contribution in [0.25, 0.3) is 0 Å². The minimum Gasteiger partial charge on any atom is -0.451 e. The van der Waals surface area contributed by atoms with E-state index in [0.717, 1.165) is 19.3 Å². The zero-order valence-corrected chi connectivity index (χ0v) is 13.1. The predicted molar refractivity (Wildman–Crippen MR) is 77.4 cm³/mol. The molecule has 116 valence electrons. The lowest BCUT2D eigenvalue weighted by molar-refractivity contribution is -0.161. The molecule has 0 aromatic heterocycles. The Morgan fingerprint density at radius 1 is 1.48 bits per heavy atom. The second-order valence-electron chi connectivity index (χ2n) is 6.13. The summed E-state index contributed by atoms with van der Waals surface area (Å²) >= 11 is 1.62. The fraction of sp³-hybridized carbons (Fsp3) is 0.786. The molecule has 2 amide bonds. The molecule has 1 aliphatic carbocycles. The fourth-order valence-electron chi connectivity index (χ4n) is 2.85. The highest BCUT2D eigenvalue weighted by molar-refractivity contribution is 8.01. The van der Waals surface area contributed by atoms with Crippen LogP contribution in [-0.4, -0.2) is 51.5 Å². The van der Waals surface area contributed by atoms with Crippen molar-refractivity contribution in [3.63, 3.8) is 0 Å². The Labute approximate surface area is 127 Å². The first-order valence-electron chi connectivity index (χ1n) is 7.38. The van der Waals surface area contributed by atoms with Crippen LogP contribution in [0.4, 0.5) is 0 Å². The topological polar surface area (TPSA) is 75.7 Å². The minimum atomic E-state index is -0.812. The molecule has 2 aliphatic heterocycles. The summed E-state index contributed by atoms with van der Waals surface area (Å²) in [6.45, 7) is 3.56. The Hall–Kier alpha value is -1.24. The Kier molecular flexibility index (Phi) is 3.63. The molecular weight excluding hydrogens is 292 g/mol. The van der Waals surface area contributed by atoms with Crippen LogP contribution in [0, 0.1) is 0 Å². The fourth-order valence-corrected chi connectivity index (χ4v) is 4.26. The van der Waals surface area contributed by atoms with Gasteiger partial charge in [0.25, 0.3) is 5.91 Å². The second kappa shape index (κ2) is 5.19. The number of carbonyl (C=O) groups excluding carboxylic acids is 3. The number of thioether (sulfide) groups is 1. The smallest absolute Gasteiger partial charge is 0.330 e. The van der Waals surface area contributed by atoms with E-state index in [1.165, 1.54) is 0 Å². The number of esters is 1. The molecule has 21 heavy (non-hydrogen) atoms. The third-order valence-electron chi connectivity index (χ3n) is 4.30. The molecule has 0 aromatic rings. The monoisotopic (exact) mass is 312 g/mol. The summed E-state index contributed by atoms with van der Waals surface area (Å²) in [4.78, 5) is 37.4. The molecule has 0 radical (unpaired) electrons. The van der Waals surface area contributed by atoms with Crippen molar-refractivity contribution in [3.8, 4) is 0 Å². The Morgan fingerprint density at radius 2 is 2.19 bits per heavy atom. The van der Waals surface area contributed by atoms with Gasteiger partial charge in [-0.25, -0.2) is 4.79 Å². The van der Waals surface area contributed by atoms with Crippen molar-refractivity contribution in [3.05, 3.63) is 0 Å².